The molecule has 1 fully saturated rings. The van der Waals surface area contributed by atoms with Crippen molar-refractivity contribution in [2.24, 2.45) is 11.7 Å². The molecule has 11 heavy (non-hydrogen) atoms. The Morgan fingerprint density at radius 2 is 2.09 bits per heavy atom. The summed E-state index contributed by atoms with van der Waals surface area (Å²) in [5.74, 6) is -0.791. The molecule has 1 saturated heterocycles. The molecule has 0 aromatic carbocycles. The summed E-state index contributed by atoms with van der Waals surface area (Å²) < 4.78 is 21.9. The van der Waals surface area contributed by atoms with E-state index in [2.05, 4.69) is 0 Å². The van der Waals surface area contributed by atoms with Crippen molar-refractivity contribution in [3.8, 4) is 0 Å². The van der Waals surface area contributed by atoms with Crippen LogP contribution < -0.4 is 5.73 Å². The van der Waals surface area contributed by atoms with Gasteiger partial charge >= 0.3 is 0 Å². The monoisotopic (exact) mass is 177 g/mol. The first-order valence-corrected chi connectivity index (χ1v) is 5.33. The SMILES string of the molecule is NC(=O)C1CCCS(=O)(=O)C1. The summed E-state index contributed by atoms with van der Waals surface area (Å²) in [4.78, 5) is 10.6. The van der Waals surface area contributed by atoms with Crippen molar-refractivity contribution in [1.29, 1.82) is 0 Å². The molecule has 0 aromatic rings. The fourth-order valence-corrected chi connectivity index (χ4v) is 2.96. The Morgan fingerprint density at radius 3 is 2.45 bits per heavy atom. The van der Waals surface area contributed by atoms with Crippen LogP contribution in [0.1, 0.15) is 12.8 Å². The van der Waals surface area contributed by atoms with E-state index in [4.69, 9.17) is 5.73 Å². The summed E-state index contributed by atoms with van der Waals surface area (Å²) in [6.45, 7) is 0. The molecule has 0 aliphatic carbocycles. The number of carbonyl (C=O) groups is 1. The van der Waals surface area contributed by atoms with Gasteiger partial charge in [0.15, 0.2) is 9.84 Å². The van der Waals surface area contributed by atoms with Gasteiger partial charge < -0.3 is 5.73 Å². The van der Waals surface area contributed by atoms with Crippen LogP contribution in [0.3, 0.4) is 0 Å². The van der Waals surface area contributed by atoms with Gasteiger partial charge in [-0.15, -0.1) is 0 Å². The number of hydrogen-bond acceptors (Lipinski definition) is 3. The van der Waals surface area contributed by atoms with Gasteiger partial charge in [0.05, 0.1) is 17.4 Å². The molecule has 1 aliphatic rings. The molecule has 2 N–H and O–H groups in total. The van der Waals surface area contributed by atoms with Crippen molar-refractivity contribution in [2.75, 3.05) is 11.5 Å². The molecular formula is C6H11NO3S. The number of sulfone groups is 1. The van der Waals surface area contributed by atoms with Gasteiger partial charge in [0.2, 0.25) is 5.91 Å². The van der Waals surface area contributed by atoms with Crippen LogP contribution in [0.2, 0.25) is 0 Å². The van der Waals surface area contributed by atoms with Crippen LogP contribution in [0, 0.1) is 5.92 Å². The van der Waals surface area contributed by atoms with Crippen molar-refractivity contribution in [3.05, 3.63) is 0 Å². The first kappa shape index (κ1) is 8.52. The molecule has 4 nitrogen and oxygen atoms in total. The Morgan fingerprint density at radius 1 is 1.45 bits per heavy atom. The maximum Gasteiger partial charge on any atom is 0.221 e. The average molecular weight is 177 g/mol. The van der Waals surface area contributed by atoms with E-state index in [1.54, 1.807) is 0 Å². The average Bonchev–Trinajstić information content (AvgIpc) is 1.85. The summed E-state index contributed by atoms with van der Waals surface area (Å²) in [5, 5.41) is 0. The lowest BCUT2D eigenvalue weighted by Gasteiger charge is -2.18. The third kappa shape index (κ3) is 2.18. The molecule has 0 saturated carbocycles. The molecule has 1 aliphatic heterocycles. The lowest BCUT2D eigenvalue weighted by atomic mass is 10.1. The summed E-state index contributed by atoms with van der Waals surface area (Å²) >= 11 is 0. The quantitative estimate of drug-likeness (QED) is 0.575. The Bertz CT molecular complexity index is 257. The number of hydrogen-bond donors (Lipinski definition) is 1. The van der Waals surface area contributed by atoms with Gasteiger partial charge in [-0.2, -0.15) is 0 Å². The van der Waals surface area contributed by atoms with Crippen molar-refractivity contribution < 1.29 is 13.2 Å². The highest BCUT2D eigenvalue weighted by Gasteiger charge is 2.27. The van der Waals surface area contributed by atoms with E-state index in [1.807, 2.05) is 0 Å². The lowest BCUT2D eigenvalue weighted by Crippen LogP contribution is -2.34. The minimum absolute atomic E-state index is 0.0532. The minimum Gasteiger partial charge on any atom is -0.369 e. The Balaban J connectivity index is 2.68. The van der Waals surface area contributed by atoms with Gasteiger partial charge in [-0.1, -0.05) is 0 Å². The molecule has 0 aromatic heterocycles. The number of rotatable bonds is 1. The van der Waals surface area contributed by atoms with Crippen LogP contribution in [0.5, 0.6) is 0 Å². The zero-order chi connectivity index (χ0) is 8.48. The predicted octanol–water partition coefficient (Wildman–Crippen LogP) is -0.704. The standard InChI is InChI=1S/C6H11NO3S/c7-6(8)5-2-1-3-11(9,10)4-5/h5H,1-4H2,(H2,7,8). The molecular weight excluding hydrogens is 166 g/mol. The maximum absolute atomic E-state index is 11.0. The topological polar surface area (TPSA) is 77.2 Å². The van der Waals surface area contributed by atoms with E-state index >= 15 is 0 Å². The van der Waals surface area contributed by atoms with E-state index in [-0.39, 0.29) is 11.5 Å². The van der Waals surface area contributed by atoms with E-state index in [9.17, 15) is 13.2 Å². The van der Waals surface area contributed by atoms with Crippen LogP contribution in [0.4, 0.5) is 0 Å². The minimum atomic E-state index is -2.98. The molecule has 1 unspecified atom stereocenters. The normalized spacial score (nSPS) is 29.6. The van der Waals surface area contributed by atoms with Gasteiger partial charge in [0, 0.05) is 0 Å². The van der Waals surface area contributed by atoms with Crippen molar-refractivity contribution in [2.45, 2.75) is 12.8 Å². The van der Waals surface area contributed by atoms with Crippen molar-refractivity contribution in [1.82, 2.24) is 0 Å². The van der Waals surface area contributed by atoms with Gasteiger partial charge in [0.25, 0.3) is 0 Å². The first-order valence-electron chi connectivity index (χ1n) is 3.51. The smallest absolute Gasteiger partial charge is 0.221 e. The van der Waals surface area contributed by atoms with Crippen LogP contribution in [-0.2, 0) is 14.6 Å². The van der Waals surface area contributed by atoms with Crippen LogP contribution in [0.25, 0.3) is 0 Å². The summed E-state index contributed by atoms with van der Waals surface area (Å²) in [6, 6.07) is 0. The fourth-order valence-electron chi connectivity index (χ4n) is 1.25. The third-order valence-corrected chi connectivity index (χ3v) is 3.69. The van der Waals surface area contributed by atoms with Crippen LogP contribution >= 0.6 is 0 Å². The molecule has 1 amide bonds. The molecule has 1 atom stereocenters. The Kier molecular flexibility index (Phi) is 2.17. The molecule has 1 heterocycles. The molecule has 1 rings (SSSR count). The highest BCUT2D eigenvalue weighted by molar-refractivity contribution is 7.91. The van der Waals surface area contributed by atoms with E-state index in [1.165, 1.54) is 0 Å². The molecule has 0 bridgehead atoms. The fraction of sp³-hybridized carbons (Fsp3) is 0.833. The molecule has 64 valence electrons. The van der Waals surface area contributed by atoms with Gasteiger partial charge in [-0.05, 0) is 12.8 Å². The number of nitrogens with two attached hydrogens (primary N) is 1. The second kappa shape index (κ2) is 2.81. The summed E-state index contributed by atoms with van der Waals surface area (Å²) in [5.41, 5.74) is 4.98. The van der Waals surface area contributed by atoms with Crippen molar-refractivity contribution >= 4 is 15.7 Å². The third-order valence-electron chi connectivity index (χ3n) is 1.87. The van der Waals surface area contributed by atoms with Gasteiger partial charge in [-0.3, -0.25) is 4.79 Å². The number of primary amides is 1. The van der Waals surface area contributed by atoms with E-state index in [0.29, 0.717) is 12.8 Å². The van der Waals surface area contributed by atoms with Crippen molar-refractivity contribution in [3.63, 3.8) is 0 Å². The molecule has 0 spiro atoms. The molecule has 0 radical (unpaired) electrons. The highest BCUT2D eigenvalue weighted by Crippen LogP contribution is 2.17. The number of amides is 1. The predicted molar refractivity (Wildman–Crippen MR) is 40.6 cm³/mol. The summed E-state index contributed by atoms with van der Waals surface area (Å²) in [7, 11) is -2.98. The second-order valence-corrected chi connectivity index (χ2v) is 5.08. The van der Waals surface area contributed by atoms with Gasteiger partial charge in [0.1, 0.15) is 0 Å². The summed E-state index contributed by atoms with van der Waals surface area (Å²) in [6.07, 6.45) is 1.19. The Hall–Kier alpha value is -0.580. The van der Waals surface area contributed by atoms with Crippen LogP contribution in [0.15, 0.2) is 0 Å². The van der Waals surface area contributed by atoms with Gasteiger partial charge in [-0.25, -0.2) is 8.42 Å². The van der Waals surface area contributed by atoms with E-state index < -0.39 is 21.7 Å². The van der Waals surface area contributed by atoms with Crippen LogP contribution in [-0.4, -0.2) is 25.8 Å². The first-order chi connectivity index (χ1) is 5.01. The Labute approximate surface area is 65.7 Å². The zero-order valence-corrected chi connectivity index (χ0v) is 6.93. The van der Waals surface area contributed by atoms with E-state index in [0.717, 1.165) is 0 Å². The maximum atomic E-state index is 11.0. The lowest BCUT2D eigenvalue weighted by molar-refractivity contribution is -0.121. The molecule has 5 heteroatoms. The zero-order valence-electron chi connectivity index (χ0n) is 6.12. The second-order valence-electron chi connectivity index (χ2n) is 2.86. The highest BCUT2D eigenvalue weighted by atomic mass is 32.2. The number of carbonyl (C=O) groups excluding carboxylic acids is 1. The largest absolute Gasteiger partial charge is 0.369 e.